The highest BCUT2D eigenvalue weighted by Gasteiger charge is 2.21. The number of hydrogen-bond donors (Lipinski definition) is 1. The molecule has 0 aromatic carbocycles. The van der Waals surface area contributed by atoms with Crippen molar-refractivity contribution in [3.8, 4) is 0 Å². The first-order valence-electron chi connectivity index (χ1n) is 5.96. The molecule has 5 nitrogen and oxygen atoms in total. The SMILES string of the molecule is CC(C)c1c(CN)nnn1CC1CCCO1. The van der Waals surface area contributed by atoms with Gasteiger partial charge in [-0.2, -0.15) is 0 Å². The Labute approximate surface area is 96.0 Å². The summed E-state index contributed by atoms with van der Waals surface area (Å²) in [7, 11) is 0. The van der Waals surface area contributed by atoms with Gasteiger partial charge >= 0.3 is 0 Å². The normalized spacial score (nSPS) is 20.9. The average Bonchev–Trinajstić information content (AvgIpc) is 2.87. The molecule has 1 aromatic heterocycles. The number of rotatable bonds is 4. The molecule has 16 heavy (non-hydrogen) atoms. The van der Waals surface area contributed by atoms with Gasteiger partial charge in [-0.05, 0) is 18.8 Å². The van der Waals surface area contributed by atoms with Crippen molar-refractivity contribution >= 4 is 0 Å². The van der Waals surface area contributed by atoms with Gasteiger partial charge in [0.15, 0.2) is 0 Å². The Morgan fingerprint density at radius 2 is 2.38 bits per heavy atom. The minimum Gasteiger partial charge on any atom is -0.376 e. The van der Waals surface area contributed by atoms with Crippen molar-refractivity contribution < 1.29 is 4.74 Å². The van der Waals surface area contributed by atoms with Crippen LogP contribution in [0.4, 0.5) is 0 Å². The lowest BCUT2D eigenvalue weighted by atomic mass is 10.1. The maximum atomic E-state index is 5.66. The lowest BCUT2D eigenvalue weighted by Gasteiger charge is -2.14. The van der Waals surface area contributed by atoms with Crippen molar-refractivity contribution in [2.24, 2.45) is 5.73 Å². The van der Waals surface area contributed by atoms with E-state index in [0.29, 0.717) is 18.6 Å². The Balaban J connectivity index is 2.15. The Bertz CT molecular complexity index is 342. The van der Waals surface area contributed by atoms with Gasteiger partial charge in [0.25, 0.3) is 0 Å². The first kappa shape index (κ1) is 11.5. The topological polar surface area (TPSA) is 66.0 Å². The fourth-order valence-corrected chi connectivity index (χ4v) is 2.25. The van der Waals surface area contributed by atoms with Gasteiger partial charge in [0, 0.05) is 13.2 Å². The Kier molecular flexibility index (Phi) is 3.56. The van der Waals surface area contributed by atoms with Crippen LogP contribution in [0.15, 0.2) is 0 Å². The average molecular weight is 224 g/mol. The molecule has 0 saturated carbocycles. The largest absolute Gasteiger partial charge is 0.376 e. The highest BCUT2D eigenvalue weighted by Crippen LogP contribution is 2.20. The van der Waals surface area contributed by atoms with Gasteiger partial charge in [-0.25, -0.2) is 4.68 Å². The standard InChI is InChI=1S/C11H20N4O/c1-8(2)11-10(6-12)13-14-15(11)7-9-4-3-5-16-9/h8-9H,3-7,12H2,1-2H3. The van der Waals surface area contributed by atoms with Gasteiger partial charge in [0.05, 0.1) is 24.0 Å². The van der Waals surface area contributed by atoms with Crippen LogP contribution in [-0.2, 0) is 17.8 Å². The molecule has 90 valence electrons. The van der Waals surface area contributed by atoms with Crippen LogP contribution in [0.1, 0.15) is 44.0 Å². The van der Waals surface area contributed by atoms with E-state index in [1.54, 1.807) is 0 Å². The van der Waals surface area contributed by atoms with E-state index in [-0.39, 0.29) is 0 Å². The number of aromatic nitrogens is 3. The van der Waals surface area contributed by atoms with Gasteiger partial charge in [-0.1, -0.05) is 19.1 Å². The van der Waals surface area contributed by atoms with Gasteiger partial charge in [0.1, 0.15) is 0 Å². The maximum absolute atomic E-state index is 5.66. The molecule has 1 aliphatic heterocycles. The molecule has 1 aliphatic rings. The van der Waals surface area contributed by atoms with E-state index in [4.69, 9.17) is 10.5 Å². The molecule has 0 bridgehead atoms. The van der Waals surface area contributed by atoms with Crippen LogP contribution in [0, 0.1) is 0 Å². The summed E-state index contributed by atoms with van der Waals surface area (Å²) in [6.45, 7) is 6.42. The van der Waals surface area contributed by atoms with Gasteiger partial charge in [0.2, 0.25) is 0 Å². The highest BCUT2D eigenvalue weighted by molar-refractivity contribution is 5.14. The minimum absolute atomic E-state index is 0.296. The Morgan fingerprint density at radius 1 is 1.56 bits per heavy atom. The van der Waals surface area contributed by atoms with Crippen molar-refractivity contribution in [1.29, 1.82) is 0 Å². The molecule has 1 fully saturated rings. The summed E-state index contributed by atoms with van der Waals surface area (Å²) < 4.78 is 7.58. The van der Waals surface area contributed by atoms with E-state index < -0.39 is 0 Å². The summed E-state index contributed by atoms with van der Waals surface area (Å²) in [5, 5.41) is 8.31. The van der Waals surface area contributed by atoms with E-state index in [1.807, 2.05) is 4.68 Å². The molecule has 0 spiro atoms. The summed E-state index contributed by atoms with van der Waals surface area (Å²) in [6.07, 6.45) is 2.57. The second-order valence-electron chi connectivity index (χ2n) is 4.60. The number of nitrogens with zero attached hydrogens (tertiary/aromatic N) is 3. The van der Waals surface area contributed by atoms with E-state index in [2.05, 4.69) is 24.2 Å². The van der Waals surface area contributed by atoms with E-state index in [1.165, 1.54) is 0 Å². The van der Waals surface area contributed by atoms with Crippen molar-refractivity contribution in [3.63, 3.8) is 0 Å². The summed E-state index contributed by atoms with van der Waals surface area (Å²) in [5.41, 5.74) is 7.72. The van der Waals surface area contributed by atoms with Crippen molar-refractivity contribution in [2.45, 2.75) is 51.8 Å². The number of ether oxygens (including phenoxy) is 1. The molecule has 0 radical (unpaired) electrons. The van der Waals surface area contributed by atoms with Gasteiger partial charge in [-0.3, -0.25) is 0 Å². The summed E-state index contributed by atoms with van der Waals surface area (Å²) >= 11 is 0. The molecule has 0 aliphatic carbocycles. The molecule has 2 heterocycles. The second-order valence-corrected chi connectivity index (χ2v) is 4.60. The second kappa shape index (κ2) is 4.93. The van der Waals surface area contributed by atoms with Crippen LogP contribution < -0.4 is 5.73 Å². The monoisotopic (exact) mass is 224 g/mol. The molecular formula is C11H20N4O. The number of nitrogens with two attached hydrogens (primary N) is 1. The fraction of sp³-hybridized carbons (Fsp3) is 0.818. The summed E-state index contributed by atoms with van der Waals surface area (Å²) in [6, 6.07) is 0. The first-order chi connectivity index (χ1) is 7.72. The lowest BCUT2D eigenvalue weighted by molar-refractivity contribution is 0.0925. The highest BCUT2D eigenvalue weighted by atomic mass is 16.5. The summed E-state index contributed by atoms with van der Waals surface area (Å²) in [4.78, 5) is 0. The van der Waals surface area contributed by atoms with Crippen LogP contribution >= 0.6 is 0 Å². The minimum atomic E-state index is 0.296. The van der Waals surface area contributed by atoms with Crippen LogP contribution in [0.25, 0.3) is 0 Å². The third kappa shape index (κ3) is 2.25. The molecule has 2 N–H and O–H groups in total. The van der Waals surface area contributed by atoms with Crippen molar-refractivity contribution in [3.05, 3.63) is 11.4 Å². The quantitative estimate of drug-likeness (QED) is 0.829. The van der Waals surface area contributed by atoms with Crippen LogP contribution in [0.5, 0.6) is 0 Å². The Morgan fingerprint density at radius 3 is 2.94 bits per heavy atom. The first-order valence-corrected chi connectivity index (χ1v) is 5.96. The predicted molar refractivity (Wildman–Crippen MR) is 61.0 cm³/mol. The smallest absolute Gasteiger partial charge is 0.0997 e. The van der Waals surface area contributed by atoms with E-state index >= 15 is 0 Å². The van der Waals surface area contributed by atoms with E-state index in [9.17, 15) is 0 Å². The van der Waals surface area contributed by atoms with Crippen molar-refractivity contribution in [1.82, 2.24) is 15.0 Å². The van der Waals surface area contributed by atoms with Crippen LogP contribution in [-0.4, -0.2) is 27.7 Å². The third-order valence-corrected chi connectivity index (χ3v) is 2.99. The zero-order valence-electron chi connectivity index (χ0n) is 10.0. The van der Waals surface area contributed by atoms with E-state index in [0.717, 1.165) is 37.4 Å². The number of hydrogen-bond acceptors (Lipinski definition) is 4. The summed E-state index contributed by atoms with van der Waals surface area (Å²) in [5.74, 6) is 0.398. The predicted octanol–water partition coefficient (Wildman–Crippen LogP) is 1.04. The Hall–Kier alpha value is -0.940. The zero-order valence-corrected chi connectivity index (χ0v) is 10.0. The molecule has 1 atom stereocenters. The fourth-order valence-electron chi connectivity index (χ4n) is 2.25. The van der Waals surface area contributed by atoms with Gasteiger partial charge < -0.3 is 10.5 Å². The molecule has 5 heteroatoms. The molecule has 2 rings (SSSR count). The zero-order chi connectivity index (χ0) is 11.5. The molecule has 0 amide bonds. The van der Waals surface area contributed by atoms with Crippen molar-refractivity contribution in [2.75, 3.05) is 6.61 Å². The molecule has 1 aromatic rings. The lowest BCUT2D eigenvalue weighted by Crippen LogP contribution is -2.19. The van der Waals surface area contributed by atoms with Gasteiger partial charge in [-0.15, -0.1) is 5.10 Å². The maximum Gasteiger partial charge on any atom is 0.0997 e. The molecule has 1 unspecified atom stereocenters. The third-order valence-electron chi connectivity index (χ3n) is 2.99. The molecular weight excluding hydrogens is 204 g/mol. The molecule has 1 saturated heterocycles. The van der Waals surface area contributed by atoms with Crippen LogP contribution in [0.2, 0.25) is 0 Å². The van der Waals surface area contributed by atoms with Crippen LogP contribution in [0.3, 0.4) is 0 Å².